The van der Waals surface area contributed by atoms with Crippen molar-refractivity contribution in [3.05, 3.63) is 34.1 Å². The fraction of sp³-hybridized carbons (Fsp3) is 0.571. The molecule has 1 nitrogen and oxygen atoms in total. The number of nitrogens with one attached hydrogen (secondary N) is 1. The van der Waals surface area contributed by atoms with Crippen molar-refractivity contribution in [3.63, 3.8) is 0 Å². The molecule has 0 radical (unpaired) electrons. The SMILES string of the molecule is CCCCCCC(NC)c1ccc(F)cc1Br. The molecule has 1 atom stereocenters. The van der Waals surface area contributed by atoms with Crippen molar-refractivity contribution in [3.8, 4) is 0 Å². The van der Waals surface area contributed by atoms with E-state index in [4.69, 9.17) is 0 Å². The molecule has 0 saturated carbocycles. The molecule has 1 unspecified atom stereocenters. The minimum Gasteiger partial charge on any atom is -0.313 e. The number of hydrogen-bond donors (Lipinski definition) is 1. The van der Waals surface area contributed by atoms with Crippen LogP contribution in [0.1, 0.15) is 50.6 Å². The van der Waals surface area contributed by atoms with Gasteiger partial charge in [-0.3, -0.25) is 0 Å². The second-order valence-electron chi connectivity index (χ2n) is 4.36. The van der Waals surface area contributed by atoms with Crippen LogP contribution in [-0.4, -0.2) is 7.05 Å². The zero-order valence-electron chi connectivity index (χ0n) is 10.6. The second kappa shape index (κ2) is 7.83. The molecule has 0 aromatic heterocycles. The van der Waals surface area contributed by atoms with Crippen LogP contribution in [0.25, 0.3) is 0 Å². The summed E-state index contributed by atoms with van der Waals surface area (Å²) in [6, 6.07) is 5.23. The summed E-state index contributed by atoms with van der Waals surface area (Å²) < 4.78 is 13.9. The van der Waals surface area contributed by atoms with E-state index in [9.17, 15) is 4.39 Å². The minimum absolute atomic E-state index is 0.193. The Morgan fingerprint density at radius 3 is 2.65 bits per heavy atom. The van der Waals surface area contributed by atoms with Crippen LogP contribution in [0, 0.1) is 5.82 Å². The van der Waals surface area contributed by atoms with E-state index in [1.54, 1.807) is 0 Å². The summed E-state index contributed by atoms with van der Waals surface area (Å²) in [4.78, 5) is 0. The van der Waals surface area contributed by atoms with E-state index >= 15 is 0 Å². The highest BCUT2D eigenvalue weighted by molar-refractivity contribution is 9.10. The average Bonchev–Trinajstić information content (AvgIpc) is 2.31. The Bertz CT molecular complexity index is 341. The molecule has 0 heterocycles. The lowest BCUT2D eigenvalue weighted by atomic mass is 10.00. The van der Waals surface area contributed by atoms with Gasteiger partial charge < -0.3 is 5.32 Å². The van der Waals surface area contributed by atoms with Crippen molar-refractivity contribution >= 4 is 15.9 Å². The van der Waals surface area contributed by atoms with Crippen molar-refractivity contribution in [1.82, 2.24) is 5.32 Å². The predicted molar refractivity (Wildman–Crippen MR) is 74.7 cm³/mol. The van der Waals surface area contributed by atoms with Gasteiger partial charge in [-0.1, -0.05) is 54.6 Å². The standard InChI is InChI=1S/C14H21BrFN/c1-3-4-5-6-7-14(17-2)12-9-8-11(16)10-13(12)15/h8-10,14,17H,3-7H2,1-2H3. The van der Waals surface area contributed by atoms with Crippen LogP contribution in [0.4, 0.5) is 4.39 Å². The van der Waals surface area contributed by atoms with Gasteiger partial charge in [-0.25, -0.2) is 4.39 Å². The van der Waals surface area contributed by atoms with Crippen molar-refractivity contribution in [2.24, 2.45) is 0 Å². The third-order valence-corrected chi connectivity index (χ3v) is 3.72. The maximum absolute atomic E-state index is 13.0. The lowest BCUT2D eigenvalue weighted by Gasteiger charge is -2.18. The smallest absolute Gasteiger partial charge is 0.124 e. The van der Waals surface area contributed by atoms with Gasteiger partial charge >= 0.3 is 0 Å². The van der Waals surface area contributed by atoms with Crippen LogP contribution in [-0.2, 0) is 0 Å². The molecule has 0 fully saturated rings. The van der Waals surface area contributed by atoms with Crippen LogP contribution in [0.5, 0.6) is 0 Å². The monoisotopic (exact) mass is 301 g/mol. The van der Waals surface area contributed by atoms with E-state index in [1.165, 1.54) is 37.8 Å². The number of unbranched alkanes of at least 4 members (excludes halogenated alkanes) is 3. The maximum Gasteiger partial charge on any atom is 0.124 e. The van der Waals surface area contributed by atoms with Crippen LogP contribution < -0.4 is 5.32 Å². The number of halogens is 2. The molecule has 0 aliphatic heterocycles. The van der Waals surface area contributed by atoms with Crippen molar-refractivity contribution in [2.45, 2.75) is 45.1 Å². The molecule has 0 aliphatic rings. The van der Waals surface area contributed by atoms with Crippen LogP contribution in [0.3, 0.4) is 0 Å². The summed E-state index contributed by atoms with van der Waals surface area (Å²) in [6.07, 6.45) is 6.13. The van der Waals surface area contributed by atoms with Gasteiger partial charge in [0.2, 0.25) is 0 Å². The summed E-state index contributed by atoms with van der Waals surface area (Å²) in [6.45, 7) is 2.21. The summed E-state index contributed by atoms with van der Waals surface area (Å²) in [5.74, 6) is -0.193. The molecule has 3 heteroatoms. The molecular weight excluding hydrogens is 281 g/mol. The first-order valence-corrected chi connectivity index (χ1v) is 7.10. The molecule has 0 saturated heterocycles. The topological polar surface area (TPSA) is 12.0 Å². The van der Waals surface area contributed by atoms with E-state index in [-0.39, 0.29) is 5.82 Å². The van der Waals surface area contributed by atoms with Crippen LogP contribution in [0.2, 0.25) is 0 Å². The van der Waals surface area contributed by atoms with Gasteiger partial charge in [-0.05, 0) is 31.2 Å². The van der Waals surface area contributed by atoms with Gasteiger partial charge in [0.25, 0.3) is 0 Å². The van der Waals surface area contributed by atoms with E-state index in [2.05, 4.69) is 28.2 Å². The molecule has 96 valence electrons. The van der Waals surface area contributed by atoms with Gasteiger partial charge in [-0.15, -0.1) is 0 Å². The fourth-order valence-electron chi connectivity index (χ4n) is 2.01. The summed E-state index contributed by atoms with van der Waals surface area (Å²) >= 11 is 3.43. The van der Waals surface area contributed by atoms with Gasteiger partial charge in [-0.2, -0.15) is 0 Å². The normalized spacial score (nSPS) is 12.7. The Labute approximate surface area is 112 Å². The van der Waals surface area contributed by atoms with Gasteiger partial charge in [0, 0.05) is 10.5 Å². The zero-order valence-corrected chi connectivity index (χ0v) is 12.2. The van der Waals surface area contributed by atoms with Crippen molar-refractivity contribution in [2.75, 3.05) is 7.05 Å². The molecule has 0 aliphatic carbocycles. The zero-order chi connectivity index (χ0) is 12.7. The second-order valence-corrected chi connectivity index (χ2v) is 5.21. The van der Waals surface area contributed by atoms with E-state index in [0.29, 0.717) is 6.04 Å². The lowest BCUT2D eigenvalue weighted by molar-refractivity contribution is 0.502. The molecule has 0 spiro atoms. The molecule has 1 rings (SSSR count). The Morgan fingerprint density at radius 2 is 2.06 bits per heavy atom. The third kappa shape index (κ3) is 4.76. The Hall–Kier alpha value is -0.410. The Balaban J connectivity index is 2.59. The average molecular weight is 302 g/mol. The van der Waals surface area contributed by atoms with Crippen LogP contribution >= 0.6 is 15.9 Å². The third-order valence-electron chi connectivity index (χ3n) is 3.03. The van der Waals surface area contributed by atoms with Crippen molar-refractivity contribution < 1.29 is 4.39 Å². The highest BCUT2D eigenvalue weighted by Crippen LogP contribution is 2.27. The van der Waals surface area contributed by atoms with Gasteiger partial charge in [0.05, 0.1) is 0 Å². The predicted octanol–water partition coefficient (Wildman–Crippen LogP) is 4.82. The molecule has 1 aromatic rings. The largest absolute Gasteiger partial charge is 0.313 e. The number of benzene rings is 1. The first-order valence-electron chi connectivity index (χ1n) is 6.31. The molecule has 0 amide bonds. The maximum atomic E-state index is 13.0. The first-order chi connectivity index (χ1) is 8.19. The molecule has 1 N–H and O–H groups in total. The van der Waals surface area contributed by atoms with Crippen LogP contribution in [0.15, 0.2) is 22.7 Å². The fourth-order valence-corrected chi connectivity index (χ4v) is 2.64. The van der Waals surface area contributed by atoms with Gasteiger partial charge in [0.1, 0.15) is 5.82 Å². The summed E-state index contributed by atoms with van der Waals surface area (Å²) in [5, 5.41) is 3.30. The highest BCUT2D eigenvalue weighted by atomic mass is 79.9. The highest BCUT2D eigenvalue weighted by Gasteiger charge is 2.12. The molecule has 1 aromatic carbocycles. The molecule has 0 bridgehead atoms. The van der Waals surface area contributed by atoms with E-state index in [0.717, 1.165) is 16.5 Å². The van der Waals surface area contributed by atoms with Crippen molar-refractivity contribution in [1.29, 1.82) is 0 Å². The number of rotatable bonds is 7. The van der Waals surface area contributed by atoms with Gasteiger partial charge in [0.15, 0.2) is 0 Å². The molecule has 17 heavy (non-hydrogen) atoms. The lowest BCUT2D eigenvalue weighted by Crippen LogP contribution is -2.16. The minimum atomic E-state index is -0.193. The Morgan fingerprint density at radius 1 is 1.29 bits per heavy atom. The molecular formula is C14H21BrFN. The number of hydrogen-bond acceptors (Lipinski definition) is 1. The Kier molecular flexibility index (Phi) is 6.75. The van der Waals surface area contributed by atoms with E-state index in [1.807, 2.05) is 13.1 Å². The summed E-state index contributed by atoms with van der Waals surface area (Å²) in [7, 11) is 1.96. The quantitative estimate of drug-likeness (QED) is 0.712. The first kappa shape index (κ1) is 14.7. The summed E-state index contributed by atoms with van der Waals surface area (Å²) in [5.41, 5.74) is 1.14. The van der Waals surface area contributed by atoms with E-state index < -0.39 is 0 Å².